The molecule has 0 bridgehead atoms. The molecule has 0 unspecified atom stereocenters. The molecule has 2 heterocycles. The van der Waals surface area contributed by atoms with E-state index in [1.165, 1.54) is 66.1 Å². The predicted molar refractivity (Wildman–Crippen MR) is 194 cm³/mol. The molecule has 1 spiro atoms. The van der Waals surface area contributed by atoms with Crippen molar-refractivity contribution in [1.82, 2.24) is 9.97 Å². The minimum Gasteiger partial charge on any atom is -0.254 e. The Hall–Kier alpha value is -6.12. The average molecular weight is 595 g/mol. The van der Waals surface area contributed by atoms with Crippen molar-refractivity contribution in [3.05, 3.63) is 180 Å². The SMILES string of the molecule is c1ccc2c(c1)-c1ccccc1C21c2cc(-c3ccc4ccc5cccnc5c4n3)c3ccccc3c2-c2ccc3ccccc3c21. The molecule has 0 amide bonds. The third-order valence-corrected chi connectivity index (χ3v) is 10.7. The van der Waals surface area contributed by atoms with E-state index in [0.29, 0.717) is 0 Å². The lowest BCUT2D eigenvalue weighted by Gasteiger charge is -2.32. The van der Waals surface area contributed by atoms with E-state index >= 15 is 0 Å². The summed E-state index contributed by atoms with van der Waals surface area (Å²) in [5.74, 6) is 0. The smallest absolute Gasteiger partial charge is 0.0972 e. The van der Waals surface area contributed by atoms with Gasteiger partial charge in [-0.3, -0.25) is 4.98 Å². The zero-order chi connectivity index (χ0) is 30.7. The van der Waals surface area contributed by atoms with Crippen LogP contribution in [0.1, 0.15) is 22.3 Å². The van der Waals surface area contributed by atoms with Gasteiger partial charge in [-0.25, -0.2) is 4.98 Å². The molecule has 0 saturated carbocycles. The first-order chi connectivity index (χ1) is 23.3. The highest BCUT2D eigenvalue weighted by atomic mass is 14.8. The fourth-order valence-corrected chi connectivity index (χ4v) is 8.86. The number of nitrogens with zero attached hydrogens (tertiary/aromatic N) is 2. The quantitative estimate of drug-likeness (QED) is 0.177. The second-order valence-corrected chi connectivity index (χ2v) is 12.9. The Balaban J connectivity index is 1.33. The summed E-state index contributed by atoms with van der Waals surface area (Å²) in [5.41, 5.74) is 14.2. The molecule has 7 aromatic carbocycles. The van der Waals surface area contributed by atoms with Crippen LogP contribution in [0.2, 0.25) is 0 Å². The van der Waals surface area contributed by atoms with E-state index in [-0.39, 0.29) is 0 Å². The molecule has 0 radical (unpaired) electrons. The molecule has 0 atom stereocenters. The first-order valence-corrected chi connectivity index (χ1v) is 16.3. The second kappa shape index (κ2) is 8.99. The van der Waals surface area contributed by atoms with E-state index in [9.17, 15) is 0 Å². The summed E-state index contributed by atoms with van der Waals surface area (Å²) in [6.07, 6.45) is 1.86. The molecule has 11 rings (SSSR count). The van der Waals surface area contributed by atoms with Crippen molar-refractivity contribution < 1.29 is 0 Å². The van der Waals surface area contributed by atoms with Crippen molar-refractivity contribution in [2.45, 2.75) is 5.41 Å². The highest BCUT2D eigenvalue weighted by molar-refractivity contribution is 6.14. The summed E-state index contributed by atoms with van der Waals surface area (Å²) in [4.78, 5) is 10.2. The molecule has 47 heavy (non-hydrogen) atoms. The monoisotopic (exact) mass is 594 g/mol. The minimum atomic E-state index is -0.470. The van der Waals surface area contributed by atoms with E-state index in [1.807, 2.05) is 12.3 Å². The van der Waals surface area contributed by atoms with Crippen molar-refractivity contribution >= 4 is 43.4 Å². The number of benzene rings is 7. The van der Waals surface area contributed by atoms with E-state index in [0.717, 1.165) is 33.1 Å². The predicted octanol–water partition coefficient (Wildman–Crippen LogP) is 11.1. The molecule has 2 nitrogen and oxygen atoms in total. The van der Waals surface area contributed by atoms with Crippen molar-refractivity contribution in [3.8, 4) is 33.5 Å². The van der Waals surface area contributed by atoms with Gasteiger partial charge >= 0.3 is 0 Å². The van der Waals surface area contributed by atoms with Crippen molar-refractivity contribution in [2.24, 2.45) is 0 Å². The average Bonchev–Trinajstić information content (AvgIpc) is 3.62. The Labute approximate surface area is 271 Å². The Morgan fingerprint density at radius 2 is 1.02 bits per heavy atom. The van der Waals surface area contributed by atoms with Gasteiger partial charge in [0.15, 0.2) is 0 Å². The molecule has 0 fully saturated rings. The molecule has 0 aliphatic heterocycles. The van der Waals surface area contributed by atoms with Crippen LogP contribution in [0, 0.1) is 0 Å². The Bertz CT molecular complexity index is 2760. The third kappa shape index (κ3) is 3.10. The summed E-state index contributed by atoms with van der Waals surface area (Å²) in [6, 6.07) is 55.8. The topological polar surface area (TPSA) is 25.8 Å². The Morgan fingerprint density at radius 3 is 1.83 bits per heavy atom. The maximum atomic E-state index is 5.39. The van der Waals surface area contributed by atoms with Crippen LogP contribution in [0.4, 0.5) is 0 Å². The van der Waals surface area contributed by atoms with E-state index in [1.54, 1.807) is 0 Å². The van der Waals surface area contributed by atoms with Crippen LogP contribution in [-0.4, -0.2) is 9.97 Å². The normalized spacial score (nSPS) is 13.7. The van der Waals surface area contributed by atoms with Gasteiger partial charge in [-0.1, -0.05) is 133 Å². The first kappa shape index (κ1) is 25.1. The zero-order valence-electron chi connectivity index (χ0n) is 25.4. The fourth-order valence-electron chi connectivity index (χ4n) is 8.86. The number of aromatic nitrogens is 2. The van der Waals surface area contributed by atoms with Gasteiger partial charge in [-0.05, 0) is 84.3 Å². The molecule has 2 heteroatoms. The number of hydrogen-bond acceptors (Lipinski definition) is 2. The van der Waals surface area contributed by atoms with Gasteiger partial charge in [0.25, 0.3) is 0 Å². The van der Waals surface area contributed by atoms with Gasteiger partial charge in [0.2, 0.25) is 0 Å². The van der Waals surface area contributed by atoms with Gasteiger partial charge < -0.3 is 0 Å². The van der Waals surface area contributed by atoms with Crippen molar-refractivity contribution in [2.75, 3.05) is 0 Å². The Morgan fingerprint density at radius 1 is 0.404 bits per heavy atom. The molecule has 0 N–H and O–H groups in total. The third-order valence-electron chi connectivity index (χ3n) is 10.7. The van der Waals surface area contributed by atoms with Gasteiger partial charge in [0.05, 0.1) is 22.1 Å². The van der Waals surface area contributed by atoms with E-state index in [2.05, 4.69) is 146 Å². The van der Waals surface area contributed by atoms with Crippen LogP contribution in [0.5, 0.6) is 0 Å². The summed E-state index contributed by atoms with van der Waals surface area (Å²) in [5, 5.41) is 7.23. The summed E-state index contributed by atoms with van der Waals surface area (Å²) in [6.45, 7) is 0. The highest BCUT2D eigenvalue weighted by Crippen LogP contribution is 2.65. The van der Waals surface area contributed by atoms with Gasteiger partial charge in [-0.15, -0.1) is 0 Å². The lowest BCUT2D eigenvalue weighted by Crippen LogP contribution is -2.26. The highest BCUT2D eigenvalue weighted by Gasteiger charge is 2.53. The van der Waals surface area contributed by atoms with Crippen molar-refractivity contribution in [1.29, 1.82) is 0 Å². The lowest BCUT2D eigenvalue weighted by atomic mass is 9.69. The first-order valence-electron chi connectivity index (χ1n) is 16.3. The summed E-state index contributed by atoms with van der Waals surface area (Å²) in [7, 11) is 0. The molecule has 2 aromatic heterocycles. The molecule has 0 saturated heterocycles. The molecule has 9 aromatic rings. The lowest BCUT2D eigenvalue weighted by molar-refractivity contribution is 0.802. The number of hydrogen-bond donors (Lipinski definition) is 0. The largest absolute Gasteiger partial charge is 0.254 e. The van der Waals surface area contributed by atoms with Gasteiger partial charge in [0.1, 0.15) is 0 Å². The maximum absolute atomic E-state index is 5.39. The number of fused-ring (bicyclic) bond motifs is 17. The van der Waals surface area contributed by atoms with Gasteiger partial charge in [0, 0.05) is 22.5 Å². The second-order valence-electron chi connectivity index (χ2n) is 12.9. The van der Waals surface area contributed by atoms with Crippen LogP contribution in [0.25, 0.3) is 76.9 Å². The standard InChI is InChI=1S/C45H26N2/c1-2-12-30-27(10-1)21-23-35-41-34-16-4-3-13-31(34)36(40-24-22-29-20-19-28-11-9-25-46-43(28)44(29)47-40)26-39(41)45(42(30)35)37-17-7-5-14-32(37)33-15-6-8-18-38(33)45/h1-26H. The molecular weight excluding hydrogens is 569 g/mol. The molecular formula is C45H26N2. The van der Waals surface area contributed by atoms with Crippen molar-refractivity contribution in [3.63, 3.8) is 0 Å². The number of pyridine rings is 2. The minimum absolute atomic E-state index is 0.470. The summed E-state index contributed by atoms with van der Waals surface area (Å²) >= 11 is 0. The van der Waals surface area contributed by atoms with E-state index in [4.69, 9.17) is 9.97 Å². The number of rotatable bonds is 1. The van der Waals surface area contributed by atoms with E-state index < -0.39 is 5.41 Å². The van der Waals surface area contributed by atoms with Crippen LogP contribution >= 0.6 is 0 Å². The fraction of sp³-hybridized carbons (Fsp3) is 0.0222. The molecule has 216 valence electrons. The van der Waals surface area contributed by atoms with Crippen LogP contribution in [-0.2, 0) is 5.41 Å². The zero-order valence-corrected chi connectivity index (χ0v) is 25.4. The molecule has 2 aliphatic carbocycles. The summed E-state index contributed by atoms with van der Waals surface area (Å²) < 4.78 is 0. The Kier molecular flexibility index (Phi) is 4.80. The van der Waals surface area contributed by atoms with Gasteiger partial charge in [-0.2, -0.15) is 0 Å². The van der Waals surface area contributed by atoms with Crippen LogP contribution in [0.3, 0.4) is 0 Å². The molecule has 2 aliphatic rings. The van der Waals surface area contributed by atoms with Crippen LogP contribution < -0.4 is 0 Å². The van der Waals surface area contributed by atoms with Crippen LogP contribution in [0.15, 0.2) is 158 Å². The maximum Gasteiger partial charge on any atom is 0.0972 e.